The third-order valence-corrected chi connectivity index (χ3v) is 3.38. The number of benzene rings is 2. The molecule has 0 radical (unpaired) electrons. The van der Waals surface area contributed by atoms with Crippen molar-refractivity contribution in [3.8, 4) is 0 Å². The lowest BCUT2D eigenvalue weighted by Gasteiger charge is -2.03. The van der Waals surface area contributed by atoms with Gasteiger partial charge in [0.2, 0.25) is 0 Å². The molecule has 0 aliphatic rings. The zero-order valence-electron chi connectivity index (χ0n) is 10.8. The normalized spacial score (nSPS) is 11.2. The third-order valence-electron chi connectivity index (χ3n) is 3.38. The summed E-state index contributed by atoms with van der Waals surface area (Å²) in [6, 6.07) is 16.2. The number of para-hydroxylation sites is 1. The van der Waals surface area contributed by atoms with Crippen LogP contribution in [0.2, 0.25) is 0 Å². The van der Waals surface area contributed by atoms with E-state index >= 15 is 0 Å². The SMILES string of the molecule is c1ccc2oc(CNc3ccc4[nH]ncc4c3)cc2c1. The van der Waals surface area contributed by atoms with Crippen molar-refractivity contribution in [3.05, 3.63) is 60.5 Å². The Morgan fingerprint density at radius 1 is 1.05 bits per heavy atom. The minimum Gasteiger partial charge on any atom is -0.459 e. The lowest BCUT2D eigenvalue weighted by molar-refractivity contribution is 0.559. The summed E-state index contributed by atoms with van der Waals surface area (Å²) in [6.45, 7) is 0.665. The predicted molar refractivity (Wildman–Crippen MR) is 79.6 cm³/mol. The Morgan fingerprint density at radius 3 is 2.95 bits per heavy atom. The maximum atomic E-state index is 5.78. The fraction of sp³-hybridized carbons (Fsp3) is 0.0625. The van der Waals surface area contributed by atoms with Crippen molar-refractivity contribution in [3.63, 3.8) is 0 Å². The predicted octanol–water partition coefficient (Wildman–Crippen LogP) is 3.92. The minimum atomic E-state index is 0.665. The maximum absolute atomic E-state index is 5.78. The standard InChI is InChI=1S/C16H13N3O/c1-2-4-16-11(3-1)8-14(20-16)10-17-13-5-6-15-12(7-13)9-18-19-15/h1-9,17H,10H2,(H,18,19). The molecule has 4 rings (SSSR count). The van der Waals surface area contributed by atoms with Crippen molar-refractivity contribution in [2.24, 2.45) is 0 Å². The van der Waals surface area contributed by atoms with E-state index in [1.807, 2.05) is 36.5 Å². The summed E-state index contributed by atoms with van der Waals surface area (Å²) in [5.41, 5.74) is 3.02. The van der Waals surface area contributed by atoms with Gasteiger partial charge in [-0.25, -0.2) is 0 Å². The molecule has 0 saturated heterocycles. The molecule has 0 bridgehead atoms. The van der Waals surface area contributed by atoms with Crippen molar-refractivity contribution in [2.45, 2.75) is 6.54 Å². The molecule has 0 saturated carbocycles. The molecule has 0 aliphatic carbocycles. The van der Waals surface area contributed by atoms with Gasteiger partial charge in [-0.15, -0.1) is 0 Å². The summed E-state index contributed by atoms with van der Waals surface area (Å²) in [4.78, 5) is 0. The molecule has 0 aliphatic heterocycles. The molecule has 4 aromatic rings. The average Bonchev–Trinajstić information content (AvgIpc) is 3.10. The molecule has 98 valence electrons. The van der Waals surface area contributed by atoms with E-state index in [-0.39, 0.29) is 0 Å². The van der Waals surface area contributed by atoms with Gasteiger partial charge in [-0.3, -0.25) is 5.10 Å². The number of nitrogens with one attached hydrogen (secondary N) is 2. The molecule has 0 spiro atoms. The van der Waals surface area contributed by atoms with Crippen LogP contribution in [0.1, 0.15) is 5.76 Å². The van der Waals surface area contributed by atoms with Crippen molar-refractivity contribution >= 4 is 27.6 Å². The summed E-state index contributed by atoms with van der Waals surface area (Å²) in [5, 5.41) is 12.6. The van der Waals surface area contributed by atoms with Gasteiger partial charge >= 0.3 is 0 Å². The van der Waals surface area contributed by atoms with Crippen LogP contribution in [0.15, 0.2) is 59.1 Å². The lowest BCUT2D eigenvalue weighted by atomic mass is 10.2. The summed E-state index contributed by atoms with van der Waals surface area (Å²) in [5.74, 6) is 0.929. The number of aromatic amines is 1. The quantitative estimate of drug-likeness (QED) is 0.589. The molecule has 0 unspecified atom stereocenters. The second kappa shape index (κ2) is 4.42. The van der Waals surface area contributed by atoms with Gasteiger partial charge in [0.25, 0.3) is 0 Å². The molecule has 2 aromatic heterocycles. The van der Waals surface area contributed by atoms with Gasteiger partial charge in [-0.2, -0.15) is 5.10 Å². The maximum Gasteiger partial charge on any atom is 0.134 e. The van der Waals surface area contributed by atoms with E-state index in [0.29, 0.717) is 6.54 Å². The van der Waals surface area contributed by atoms with Gasteiger partial charge in [0, 0.05) is 16.5 Å². The molecule has 2 N–H and O–H groups in total. The van der Waals surface area contributed by atoms with Crippen molar-refractivity contribution in [1.82, 2.24) is 10.2 Å². The minimum absolute atomic E-state index is 0.665. The molecule has 2 aromatic carbocycles. The van der Waals surface area contributed by atoms with Crippen molar-refractivity contribution in [2.75, 3.05) is 5.32 Å². The molecule has 2 heterocycles. The average molecular weight is 263 g/mol. The zero-order valence-corrected chi connectivity index (χ0v) is 10.8. The number of nitrogens with zero attached hydrogens (tertiary/aromatic N) is 1. The van der Waals surface area contributed by atoms with Crippen LogP contribution in [0.3, 0.4) is 0 Å². The first-order valence-electron chi connectivity index (χ1n) is 6.53. The van der Waals surface area contributed by atoms with Crippen LogP contribution in [-0.4, -0.2) is 10.2 Å². The van der Waals surface area contributed by atoms with Gasteiger partial charge in [0.05, 0.1) is 18.3 Å². The number of furan rings is 1. The molecular formula is C16H13N3O. The van der Waals surface area contributed by atoms with E-state index in [1.54, 1.807) is 0 Å². The summed E-state index contributed by atoms with van der Waals surface area (Å²) >= 11 is 0. The number of anilines is 1. The Hall–Kier alpha value is -2.75. The first kappa shape index (κ1) is 11.1. The second-order valence-electron chi connectivity index (χ2n) is 4.78. The Kier molecular flexibility index (Phi) is 2.45. The van der Waals surface area contributed by atoms with Crippen LogP contribution in [0.5, 0.6) is 0 Å². The number of fused-ring (bicyclic) bond motifs is 2. The molecule has 4 heteroatoms. The number of aromatic nitrogens is 2. The summed E-state index contributed by atoms with van der Waals surface area (Å²) in [7, 11) is 0. The van der Waals surface area contributed by atoms with E-state index < -0.39 is 0 Å². The summed E-state index contributed by atoms with van der Waals surface area (Å²) in [6.07, 6.45) is 1.82. The highest BCUT2D eigenvalue weighted by atomic mass is 16.3. The van der Waals surface area contributed by atoms with Crippen molar-refractivity contribution in [1.29, 1.82) is 0 Å². The Bertz CT molecular complexity index is 840. The highest BCUT2D eigenvalue weighted by Crippen LogP contribution is 2.21. The van der Waals surface area contributed by atoms with E-state index in [9.17, 15) is 0 Å². The Morgan fingerprint density at radius 2 is 2.00 bits per heavy atom. The molecule has 20 heavy (non-hydrogen) atoms. The van der Waals surface area contributed by atoms with E-state index in [2.05, 4.69) is 33.7 Å². The third kappa shape index (κ3) is 1.91. The topological polar surface area (TPSA) is 53.9 Å². The molecule has 4 nitrogen and oxygen atoms in total. The molecule has 0 amide bonds. The summed E-state index contributed by atoms with van der Waals surface area (Å²) < 4.78 is 5.78. The monoisotopic (exact) mass is 263 g/mol. The van der Waals surface area contributed by atoms with Gasteiger partial charge in [-0.1, -0.05) is 18.2 Å². The molecule has 0 fully saturated rings. The Balaban J connectivity index is 1.56. The fourth-order valence-electron chi connectivity index (χ4n) is 2.37. The smallest absolute Gasteiger partial charge is 0.134 e. The number of rotatable bonds is 3. The van der Waals surface area contributed by atoms with Crippen LogP contribution in [0.4, 0.5) is 5.69 Å². The van der Waals surface area contributed by atoms with Crippen LogP contribution >= 0.6 is 0 Å². The number of hydrogen-bond donors (Lipinski definition) is 2. The first-order valence-corrected chi connectivity index (χ1v) is 6.53. The van der Waals surface area contributed by atoms with Gasteiger partial charge < -0.3 is 9.73 Å². The fourth-order valence-corrected chi connectivity index (χ4v) is 2.37. The lowest BCUT2D eigenvalue weighted by Crippen LogP contribution is -1.97. The van der Waals surface area contributed by atoms with Crippen LogP contribution < -0.4 is 5.32 Å². The largest absolute Gasteiger partial charge is 0.459 e. The molecular weight excluding hydrogens is 250 g/mol. The van der Waals surface area contributed by atoms with E-state index in [0.717, 1.165) is 33.3 Å². The van der Waals surface area contributed by atoms with Crippen molar-refractivity contribution < 1.29 is 4.42 Å². The van der Waals surface area contributed by atoms with Crippen LogP contribution in [0.25, 0.3) is 21.9 Å². The van der Waals surface area contributed by atoms with Gasteiger partial charge in [0.1, 0.15) is 11.3 Å². The highest BCUT2D eigenvalue weighted by Gasteiger charge is 2.03. The number of hydrogen-bond acceptors (Lipinski definition) is 3. The van der Waals surface area contributed by atoms with Gasteiger partial charge in [-0.05, 0) is 30.3 Å². The second-order valence-corrected chi connectivity index (χ2v) is 4.78. The van der Waals surface area contributed by atoms with E-state index in [1.165, 1.54) is 0 Å². The zero-order chi connectivity index (χ0) is 13.4. The van der Waals surface area contributed by atoms with Gasteiger partial charge in [0.15, 0.2) is 0 Å². The van der Waals surface area contributed by atoms with Crippen LogP contribution in [-0.2, 0) is 6.54 Å². The highest BCUT2D eigenvalue weighted by molar-refractivity contribution is 5.82. The number of H-pyrrole nitrogens is 1. The van der Waals surface area contributed by atoms with Crippen LogP contribution in [0, 0.1) is 0 Å². The Labute approximate surface area is 115 Å². The molecule has 0 atom stereocenters. The first-order chi connectivity index (χ1) is 9.88. The van der Waals surface area contributed by atoms with E-state index in [4.69, 9.17) is 4.42 Å².